The molecule has 0 aromatic rings. The van der Waals surface area contributed by atoms with E-state index in [1.165, 1.54) is 36.0 Å². The summed E-state index contributed by atoms with van der Waals surface area (Å²) in [4.78, 5) is 10.3. The smallest absolute Gasteiger partial charge is 0.143 e. The van der Waals surface area contributed by atoms with Crippen molar-refractivity contribution >= 4 is 6.29 Å². The highest BCUT2D eigenvalue weighted by Crippen LogP contribution is 2.40. The third-order valence-electron chi connectivity index (χ3n) is 4.10. The first-order chi connectivity index (χ1) is 9.86. The molecule has 0 atom stereocenters. The van der Waals surface area contributed by atoms with Crippen LogP contribution in [0.4, 0.5) is 0 Å². The van der Waals surface area contributed by atoms with E-state index in [4.69, 9.17) is 0 Å². The van der Waals surface area contributed by atoms with E-state index in [0.29, 0.717) is 0 Å². The Balaban J connectivity index is 2.80. The largest absolute Gasteiger partial charge is 0.299 e. The van der Waals surface area contributed by atoms with Gasteiger partial charge in [-0.25, -0.2) is 0 Å². The van der Waals surface area contributed by atoms with Gasteiger partial charge in [0.15, 0.2) is 0 Å². The highest BCUT2D eigenvalue weighted by molar-refractivity contribution is 5.66. The summed E-state index contributed by atoms with van der Waals surface area (Å²) < 4.78 is 0. The minimum absolute atomic E-state index is 0.290. The lowest BCUT2D eigenvalue weighted by Crippen LogP contribution is -2.19. The van der Waals surface area contributed by atoms with E-state index in [0.717, 1.165) is 11.9 Å². The molecule has 0 radical (unpaired) electrons. The zero-order chi connectivity index (χ0) is 15.9. The summed E-state index contributed by atoms with van der Waals surface area (Å²) in [6.45, 7) is 10.9. The molecular weight excluding hydrogens is 256 g/mol. The number of hydrogen-bond donors (Lipinski definition) is 0. The van der Waals surface area contributed by atoms with Crippen LogP contribution >= 0.6 is 0 Å². The molecule has 0 heterocycles. The topological polar surface area (TPSA) is 17.1 Å². The van der Waals surface area contributed by atoms with E-state index in [9.17, 15) is 4.79 Å². The molecule has 0 spiro atoms. The first kappa shape index (κ1) is 17.4. The maximum Gasteiger partial charge on any atom is 0.143 e. The predicted octanol–water partition coefficient (Wildman–Crippen LogP) is 5.72. The van der Waals surface area contributed by atoms with E-state index in [1.807, 2.05) is 19.1 Å². The zero-order valence-corrected chi connectivity index (χ0v) is 14.1. The molecule has 1 heteroatoms. The molecule has 114 valence electrons. The van der Waals surface area contributed by atoms with E-state index in [1.54, 1.807) is 6.08 Å². The van der Waals surface area contributed by atoms with Crippen molar-refractivity contribution in [1.29, 1.82) is 0 Å². The average Bonchev–Trinajstić information content (AvgIpc) is 2.37. The van der Waals surface area contributed by atoms with Gasteiger partial charge in [-0.2, -0.15) is 0 Å². The molecule has 0 saturated heterocycles. The minimum Gasteiger partial charge on any atom is -0.299 e. The lowest BCUT2D eigenvalue weighted by molar-refractivity contribution is -0.104. The second-order valence-electron chi connectivity index (χ2n) is 6.58. The van der Waals surface area contributed by atoms with Gasteiger partial charge in [0, 0.05) is 0 Å². The zero-order valence-electron chi connectivity index (χ0n) is 14.1. The summed E-state index contributed by atoms with van der Waals surface area (Å²) in [5.41, 5.74) is 5.48. The Morgan fingerprint density at radius 3 is 2.38 bits per heavy atom. The molecule has 1 aliphatic carbocycles. The Morgan fingerprint density at radius 2 is 1.76 bits per heavy atom. The quantitative estimate of drug-likeness (QED) is 0.358. The van der Waals surface area contributed by atoms with Gasteiger partial charge in [0.2, 0.25) is 0 Å². The van der Waals surface area contributed by atoms with Crippen molar-refractivity contribution in [2.24, 2.45) is 5.41 Å². The van der Waals surface area contributed by atoms with Crippen molar-refractivity contribution in [3.8, 4) is 0 Å². The molecule has 0 fully saturated rings. The number of allylic oxidation sites excluding steroid dienone is 10. The van der Waals surface area contributed by atoms with Gasteiger partial charge in [-0.05, 0) is 62.7 Å². The fraction of sp³-hybridized carbons (Fsp3) is 0.450. The SMILES string of the molecule is CC(C=C/C=C(C)/C=C/C1=C(C)CCCC1(C)C)=CC=O. The fourth-order valence-electron chi connectivity index (χ4n) is 2.80. The predicted molar refractivity (Wildman–Crippen MR) is 92.2 cm³/mol. The van der Waals surface area contributed by atoms with Crippen LogP contribution < -0.4 is 0 Å². The molecule has 1 aliphatic rings. The van der Waals surface area contributed by atoms with Crippen LogP contribution in [0.15, 0.2) is 58.7 Å². The highest BCUT2D eigenvalue weighted by Gasteiger charge is 2.26. The lowest BCUT2D eigenvalue weighted by Gasteiger charge is -2.32. The molecule has 0 bridgehead atoms. The molecular formula is C20H28O. The summed E-state index contributed by atoms with van der Waals surface area (Å²) in [6, 6.07) is 0. The van der Waals surface area contributed by atoms with Gasteiger partial charge in [-0.1, -0.05) is 55.4 Å². The van der Waals surface area contributed by atoms with Crippen molar-refractivity contribution in [2.45, 2.75) is 53.9 Å². The van der Waals surface area contributed by atoms with Crippen LogP contribution in [0, 0.1) is 5.41 Å². The van der Waals surface area contributed by atoms with Gasteiger partial charge >= 0.3 is 0 Å². The van der Waals surface area contributed by atoms with E-state index in [2.05, 4.69) is 45.9 Å². The number of carbonyl (C=O) groups is 1. The summed E-state index contributed by atoms with van der Waals surface area (Å²) in [5, 5.41) is 0. The Labute approximate surface area is 129 Å². The van der Waals surface area contributed by atoms with Crippen LogP contribution in [-0.4, -0.2) is 6.29 Å². The van der Waals surface area contributed by atoms with Crippen molar-refractivity contribution in [1.82, 2.24) is 0 Å². The Bertz CT molecular complexity index is 522. The fourth-order valence-corrected chi connectivity index (χ4v) is 2.80. The normalized spacial score (nSPS) is 20.6. The Hall–Kier alpha value is -1.63. The molecule has 0 unspecified atom stereocenters. The summed E-state index contributed by atoms with van der Waals surface area (Å²) in [6.07, 6.45) is 16.6. The highest BCUT2D eigenvalue weighted by atomic mass is 16.1. The molecule has 0 aliphatic heterocycles. The van der Waals surface area contributed by atoms with Crippen LogP contribution in [-0.2, 0) is 4.79 Å². The van der Waals surface area contributed by atoms with Gasteiger partial charge in [-0.3, -0.25) is 4.79 Å². The molecule has 1 rings (SSSR count). The second-order valence-corrected chi connectivity index (χ2v) is 6.58. The van der Waals surface area contributed by atoms with Gasteiger partial charge < -0.3 is 0 Å². The van der Waals surface area contributed by atoms with Crippen molar-refractivity contribution < 1.29 is 4.79 Å². The number of rotatable bonds is 5. The first-order valence-corrected chi connectivity index (χ1v) is 7.72. The second kappa shape index (κ2) is 7.97. The van der Waals surface area contributed by atoms with Crippen LogP contribution in [0.25, 0.3) is 0 Å². The summed E-state index contributed by atoms with van der Waals surface area (Å²) >= 11 is 0. The Morgan fingerprint density at radius 1 is 1.10 bits per heavy atom. The van der Waals surface area contributed by atoms with Crippen LogP contribution in [0.3, 0.4) is 0 Å². The van der Waals surface area contributed by atoms with Gasteiger partial charge in [-0.15, -0.1) is 0 Å². The summed E-state index contributed by atoms with van der Waals surface area (Å²) in [7, 11) is 0. The lowest BCUT2D eigenvalue weighted by atomic mass is 9.72. The van der Waals surface area contributed by atoms with Crippen LogP contribution in [0.2, 0.25) is 0 Å². The number of hydrogen-bond acceptors (Lipinski definition) is 1. The molecule has 0 aromatic heterocycles. The molecule has 0 N–H and O–H groups in total. The van der Waals surface area contributed by atoms with E-state index in [-0.39, 0.29) is 5.41 Å². The van der Waals surface area contributed by atoms with Gasteiger partial charge in [0.1, 0.15) is 6.29 Å². The number of carbonyl (C=O) groups excluding carboxylic acids is 1. The van der Waals surface area contributed by atoms with Crippen LogP contribution in [0.5, 0.6) is 0 Å². The average molecular weight is 284 g/mol. The number of aldehydes is 1. The summed E-state index contributed by atoms with van der Waals surface area (Å²) in [5.74, 6) is 0. The molecule has 0 amide bonds. The van der Waals surface area contributed by atoms with Crippen molar-refractivity contribution in [3.05, 3.63) is 58.7 Å². The van der Waals surface area contributed by atoms with Crippen molar-refractivity contribution in [2.75, 3.05) is 0 Å². The van der Waals surface area contributed by atoms with E-state index >= 15 is 0 Å². The molecule has 0 aromatic carbocycles. The molecule has 21 heavy (non-hydrogen) atoms. The molecule has 1 nitrogen and oxygen atoms in total. The van der Waals surface area contributed by atoms with Gasteiger partial charge in [0.05, 0.1) is 0 Å². The van der Waals surface area contributed by atoms with E-state index < -0.39 is 0 Å². The van der Waals surface area contributed by atoms with Gasteiger partial charge in [0.25, 0.3) is 0 Å². The standard InChI is InChI=1S/C20H28O/c1-16(8-6-9-17(2)13-15-21)11-12-19-18(3)10-7-14-20(19,4)5/h6,8-9,11-13,15H,7,10,14H2,1-5H3/b9-6?,12-11+,16-8+,17-13?. The maximum atomic E-state index is 10.3. The van der Waals surface area contributed by atoms with Crippen molar-refractivity contribution in [3.63, 3.8) is 0 Å². The Kier molecular flexibility index (Phi) is 6.61. The maximum absolute atomic E-state index is 10.3. The monoisotopic (exact) mass is 284 g/mol. The minimum atomic E-state index is 0.290. The third kappa shape index (κ3) is 5.71. The third-order valence-corrected chi connectivity index (χ3v) is 4.10. The van der Waals surface area contributed by atoms with Crippen LogP contribution in [0.1, 0.15) is 53.9 Å². The molecule has 0 saturated carbocycles. The first-order valence-electron chi connectivity index (χ1n) is 7.72.